The Morgan fingerprint density at radius 3 is 2.52 bits per heavy atom. The Balaban J connectivity index is 2.00. The molecule has 1 aliphatic rings. The van der Waals surface area contributed by atoms with E-state index in [1.165, 1.54) is 4.90 Å². The van der Waals surface area contributed by atoms with Gasteiger partial charge in [0.25, 0.3) is 0 Å². The number of anilines is 1. The lowest BCUT2D eigenvalue weighted by molar-refractivity contribution is 0.0578. The van der Waals surface area contributed by atoms with Crippen molar-refractivity contribution in [1.29, 1.82) is 0 Å². The number of amides is 1. The second kappa shape index (κ2) is 6.35. The van der Waals surface area contributed by atoms with E-state index in [-0.39, 0.29) is 5.78 Å². The van der Waals surface area contributed by atoms with Gasteiger partial charge in [-0.25, -0.2) is 9.48 Å². The van der Waals surface area contributed by atoms with Gasteiger partial charge in [0.2, 0.25) is 0 Å². The molecule has 0 fully saturated rings. The minimum atomic E-state index is -0.604. The molecule has 6 nitrogen and oxygen atoms in total. The second-order valence-electron chi connectivity index (χ2n) is 7.31. The summed E-state index contributed by atoms with van der Waals surface area (Å²) in [4.78, 5) is 26.5. The van der Waals surface area contributed by atoms with Gasteiger partial charge in [-0.2, -0.15) is 0 Å². The quantitative estimate of drug-likeness (QED) is 0.789. The van der Waals surface area contributed by atoms with E-state index in [1.807, 2.05) is 52.0 Å². The number of aromatic nitrogens is 2. The Bertz CT molecular complexity index is 800. The average molecular weight is 341 g/mol. The molecule has 2 aromatic rings. The number of rotatable bonds is 1. The summed E-state index contributed by atoms with van der Waals surface area (Å²) in [6.45, 7) is 7.88. The predicted octanol–water partition coefficient (Wildman–Crippen LogP) is 3.90. The van der Waals surface area contributed by atoms with Crippen LogP contribution in [0.2, 0.25) is 0 Å². The summed E-state index contributed by atoms with van der Waals surface area (Å²) in [5, 5.41) is 4.51. The minimum absolute atomic E-state index is 0.000537. The SMILES string of the molecule is Cc1ccc(-n2cc3c(n2)N(C(=O)OC(C)(C)C)CCCC3=O)cc1. The number of hydrogen-bond donors (Lipinski definition) is 0. The Kier molecular flexibility index (Phi) is 4.37. The maximum Gasteiger partial charge on any atom is 0.416 e. The fourth-order valence-corrected chi connectivity index (χ4v) is 2.72. The molecule has 2 heterocycles. The molecule has 6 heteroatoms. The average Bonchev–Trinajstić information content (AvgIpc) is 2.89. The van der Waals surface area contributed by atoms with Gasteiger partial charge in [0.1, 0.15) is 5.60 Å². The lowest BCUT2D eigenvalue weighted by atomic mass is 10.1. The normalized spacial score (nSPS) is 14.9. The molecule has 1 aromatic carbocycles. The summed E-state index contributed by atoms with van der Waals surface area (Å²) < 4.78 is 7.13. The van der Waals surface area contributed by atoms with Crippen LogP contribution >= 0.6 is 0 Å². The summed E-state index contributed by atoms with van der Waals surface area (Å²) in [6, 6.07) is 7.83. The lowest BCUT2D eigenvalue weighted by Gasteiger charge is -2.25. The molecule has 1 aliphatic heterocycles. The highest BCUT2D eigenvalue weighted by molar-refractivity contribution is 6.04. The van der Waals surface area contributed by atoms with E-state index in [4.69, 9.17) is 4.74 Å². The summed E-state index contributed by atoms with van der Waals surface area (Å²) in [5.74, 6) is 0.372. The highest BCUT2D eigenvalue weighted by Gasteiger charge is 2.31. The molecule has 0 N–H and O–H groups in total. The van der Waals surface area contributed by atoms with Crippen molar-refractivity contribution in [1.82, 2.24) is 9.78 Å². The number of hydrogen-bond acceptors (Lipinski definition) is 4. The van der Waals surface area contributed by atoms with E-state index >= 15 is 0 Å². The van der Waals surface area contributed by atoms with Crippen molar-refractivity contribution in [3.63, 3.8) is 0 Å². The molecular formula is C19H23N3O3. The molecular weight excluding hydrogens is 318 g/mol. The first kappa shape index (κ1) is 17.2. The highest BCUT2D eigenvalue weighted by atomic mass is 16.6. The number of ether oxygens (including phenoxy) is 1. The molecule has 0 aliphatic carbocycles. The summed E-state index contributed by atoms with van der Waals surface area (Å²) in [5.41, 5.74) is 1.84. The Hall–Kier alpha value is -2.63. The second-order valence-corrected chi connectivity index (χ2v) is 7.31. The molecule has 0 atom stereocenters. The molecule has 0 spiro atoms. The van der Waals surface area contributed by atoms with Crippen molar-refractivity contribution in [2.75, 3.05) is 11.4 Å². The van der Waals surface area contributed by atoms with E-state index in [9.17, 15) is 9.59 Å². The number of carbonyl (C=O) groups is 2. The summed E-state index contributed by atoms with van der Waals surface area (Å²) in [7, 11) is 0. The molecule has 132 valence electrons. The number of aryl methyl sites for hydroxylation is 1. The number of Topliss-reactive ketones (excluding diaryl/α,β-unsaturated/α-hetero) is 1. The van der Waals surface area contributed by atoms with Gasteiger partial charge in [0.15, 0.2) is 11.6 Å². The number of fused-ring (bicyclic) bond motifs is 1. The molecule has 0 bridgehead atoms. The van der Waals surface area contributed by atoms with Crippen LogP contribution < -0.4 is 4.90 Å². The summed E-state index contributed by atoms with van der Waals surface area (Å²) in [6.07, 6.45) is 2.22. The Morgan fingerprint density at radius 2 is 1.88 bits per heavy atom. The van der Waals surface area contributed by atoms with Gasteiger partial charge in [-0.05, 0) is 46.2 Å². The van der Waals surface area contributed by atoms with E-state index in [0.29, 0.717) is 30.8 Å². The highest BCUT2D eigenvalue weighted by Crippen LogP contribution is 2.28. The van der Waals surface area contributed by atoms with Gasteiger partial charge in [-0.1, -0.05) is 17.7 Å². The van der Waals surface area contributed by atoms with Crippen LogP contribution in [0.3, 0.4) is 0 Å². The third kappa shape index (κ3) is 3.73. The molecule has 0 unspecified atom stereocenters. The van der Waals surface area contributed by atoms with Crippen LogP contribution in [0.4, 0.5) is 10.6 Å². The smallest absolute Gasteiger partial charge is 0.416 e. The number of ketones is 1. The van der Waals surface area contributed by atoms with Gasteiger partial charge in [-0.3, -0.25) is 9.69 Å². The first-order valence-corrected chi connectivity index (χ1v) is 8.45. The zero-order valence-corrected chi connectivity index (χ0v) is 15.1. The van der Waals surface area contributed by atoms with Gasteiger partial charge in [0, 0.05) is 19.2 Å². The molecule has 25 heavy (non-hydrogen) atoms. The molecule has 1 aromatic heterocycles. The van der Waals surface area contributed by atoms with Crippen molar-refractivity contribution in [2.24, 2.45) is 0 Å². The fourth-order valence-electron chi connectivity index (χ4n) is 2.72. The van der Waals surface area contributed by atoms with Crippen LogP contribution in [-0.2, 0) is 4.74 Å². The molecule has 0 saturated heterocycles. The minimum Gasteiger partial charge on any atom is -0.443 e. The van der Waals surface area contributed by atoms with Crippen LogP contribution in [0.25, 0.3) is 5.69 Å². The number of nitrogens with zero attached hydrogens (tertiary/aromatic N) is 3. The van der Waals surface area contributed by atoms with E-state index in [2.05, 4.69) is 5.10 Å². The van der Waals surface area contributed by atoms with E-state index in [1.54, 1.807) is 10.9 Å². The van der Waals surface area contributed by atoms with Gasteiger partial charge < -0.3 is 4.74 Å². The third-order valence-electron chi connectivity index (χ3n) is 3.95. The van der Waals surface area contributed by atoms with E-state index < -0.39 is 11.7 Å². The molecule has 0 saturated carbocycles. The van der Waals surface area contributed by atoms with Crippen LogP contribution in [0.5, 0.6) is 0 Å². The van der Waals surface area contributed by atoms with E-state index in [0.717, 1.165) is 11.3 Å². The lowest BCUT2D eigenvalue weighted by Crippen LogP contribution is -2.37. The third-order valence-corrected chi connectivity index (χ3v) is 3.95. The molecule has 3 rings (SSSR count). The predicted molar refractivity (Wildman–Crippen MR) is 95.4 cm³/mol. The number of carbonyl (C=O) groups excluding carboxylic acids is 2. The first-order chi connectivity index (χ1) is 11.7. The maximum atomic E-state index is 12.6. The van der Waals surface area contributed by atoms with Crippen LogP contribution in [0.1, 0.15) is 49.5 Å². The Morgan fingerprint density at radius 1 is 1.20 bits per heavy atom. The largest absolute Gasteiger partial charge is 0.443 e. The molecule has 1 amide bonds. The van der Waals surface area contributed by atoms with Crippen molar-refractivity contribution in [2.45, 2.75) is 46.1 Å². The van der Waals surface area contributed by atoms with Crippen LogP contribution in [0.15, 0.2) is 30.5 Å². The van der Waals surface area contributed by atoms with Crippen LogP contribution in [0, 0.1) is 6.92 Å². The molecule has 0 radical (unpaired) electrons. The monoisotopic (exact) mass is 341 g/mol. The Labute approximate surface area is 147 Å². The zero-order chi connectivity index (χ0) is 18.2. The van der Waals surface area contributed by atoms with Crippen molar-refractivity contribution >= 4 is 17.7 Å². The van der Waals surface area contributed by atoms with Crippen molar-refractivity contribution in [3.05, 3.63) is 41.6 Å². The standard InChI is InChI=1S/C19H23N3O3/c1-13-7-9-14(10-8-13)22-12-15-16(23)6-5-11-21(17(15)20-22)18(24)25-19(2,3)4/h7-10,12H,5-6,11H2,1-4H3. The zero-order valence-electron chi connectivity index (χ0n) is 15.1. The number of benzene rings is 1. The van der Waals surface area contributed by atoms with Gasteiger partial charge in [-0.15, -0.1) is 5.10 Å². The van der Waals surface area contributed by atoms with Gasteiger partial charge in [0.05, 0.1) is 11.3 Å². The van der Waals surface area contributed by atoms with Crippen molar-refractivity contribution in [3.8, 4) is 5.69 Å². The van der Waals surface area contributed by atoms with Crippen molar-refractivity contribution < 1.29 is 14.3 Å². The van der Waals surface area contributed by atoms with Gasteiger partial charge >= 0.3 is 6.09 Å². The maximum absolute atomic E-state index is 12.6. The van der Waals surface area contributed by atoms with Crippen LogP contribution in [-0.4, -0.2) is 33.8 Å². The fraction of sp³-hybridized carbons (Fsp3) is 0.421. The topological polar surface area (TPSA) is 64.4 Å². The first-order valence-electron chi connectivity index (χ1n) is 8.45. The summed E-state index contributed by atoms with van der Waals surface area (Å²) >= 11 is 0.